The molecule has 4 rings (SSSR count). The first-order valence-electron chi connectivity index (χ1n) is 13.8. The molecule has 2 heterocycles. The molecule has 0 unspecified atom stereocenters. The third-order valence-corrected chi connectivity index (χ3v) is 6.78. The summed E-state index contributed by atoms with van der Waals surface area (Å²) >= 11 is 0. The highest BCUT2D eigenvalue weighted by Gasteiger charge is 2.17. The van der Waals surface area contributed by atoms with E-state index in [4.69, 9.17) is 0 Å². The summed E-state index contributed by atoms with van der Waals surface area (Å²) < 4.78 is 14.1. The molecule has 0 fully saturated rings. The summed E-state index contributed by atoms with van der Waals surface area (Å²) in [5.74, 6) is -0.279. The normalized spacial score (nSPS) is 13.0. The number of nitrogens with zero attached hydrogens (tertiary/aromatic N) is 1. The van der Waals surface area contributed by atoms with Crippen LogP contribution in [0, 0.1) is 18.2 Å². The van der Waals surface area contributed by atoms with E-state index >= 15 is 0 Å². The van der Waals surface area contributed by atoms with Crippen LogP contribution in [0.3, 0.4) is 0 Å². The molecule has 0 amide bonds. The summed E-state index contributed by atoms with van der Waals surface area (Å²) in [6, 6.07) is 14.9. The Hall–Kier alpha value is -4.64. The van der Waals surface area contributed by atoms with Gasteiger partial charge in [0.1, 0.15) is 11.5 Å². The maximum absolute atomic E-state index is 14.1. The Morgan fingerprint density at radius 1 is 1.07 bits per heavy atom. The van der Waals surface area contributed by atoms with Crippen molar-refractivity contribution < 1.29 is 4.39 Å². The van der Waals surface area contributed by atoms with Gasteiger partial charge in [0.2, 0.25) is 0 Å². The first kappa shape index (κ1) is 29.3. The van der Waals surface area contributed by atoms with Gasteiger partial charge in [0.15, 0.2) is 0 Å². The van der Waals surface area contributed by atoms with Crippen LogP contribution in [-0.4, -0.2) is 15.2 Å². The molecule has 0 aliphatic rings. The maximum atomic E-state index is 14.1. The second kappa shape index (κ2) is 12.3. The number of nitrogens with one attached hydrogen (secondary N) is 3. The van der Waals surface area contributed by atoms with Crippen molar-refractivity contribution in [1.29, 1.82) is 0 Å². The van der Waals surface area contributed by atoms with Crippen molar-refractivity contribution >= 4 is 22.0 Å². The monoisotopic (exact) mass is 546 g/mol. The molecule has 0 spiro atoms. The van der Waals surface area contributed by atoms with Crippen molar-refractivity contribution in [3.05, 3.63) is 138 Å². The highest BCUT2D eigenvalue weighted by atomic mass is 19.1. The zero-order valence-corrected chi connectivity index (χ0v) is 24.7. The van der Waals surface area contributed by atoms with Crippen LogP contribution in [0.4, 0.5) is 4.39 Å². The van der Waals surface area contributed by atoms with Crippen LogP contribution in [-0.2, 0) is 0 Å². The molecule has 2 aromatic carbocycles. The molecule has 0 saturated carbocycles. The standard InChI is InChI=1S/C36H39FN4/c1-9-13-30(27-14-12-15-28(37)18-27)31-21-34(39-24(31)5)35-32-20-26(16-17-33(32)40-41-35)25(10-2)19-29(11-3)38-23(4)22-36(6,7)8/h9-21,38-39H,1,3-4,22H2,2,5-8H3,(H,40,41)/b25-10+,29-19+,30-13-. The molecule has 4 aromatic rings. The lowest BCUT2D eigenvalue weighted by atomic mass is 9.91. The molecule has 2 aromatic heterocycles. The van der Waals surface area contributed by atoms with Gasteiger partial charge in [0, 0.05) is 28.0 Å². The second-order valence-corrected chi connectivity index (χ2v) is 11.4. The summed E-state index contributed by atoms with van der Waals surface area (Å²) in [6.45, 7) is 22.7. The van der Waals surface area contributed by atoms with Crippen molar-refractivity contribution in [2.45, 2.75) is 41.0 Å². The smallest absolute Gasteiger partial charge is 0.123 e. The van der Waals surface area contributed by atoms with Crippen LogP contribution in [0.1, 0.15) is 56.5 Å². The fourth-order valence-electron chi connectivity index (χ4n) is 5.01. The van der Waals surface area contributed by atoms with Crippen molar-refractivity contribution in [3.8, 4) is 11.4 Å². The molecule has 210 valence electrons. The number of allylic oxidation sites excluding steroid dienone is 7. The van der Waals surface area contributed by atoms with E-state index in [9.17, 15) is 4.39 Å². The third kappa shape index (κ3) is 6.93. The maximum Gasteiger partial charge on any atom is 0.123 e. The van der Waals surface area contributed by atoms with Crippen molar-refractivity contribution in [3.63, 3.8) is 0 Å². The fourth-order valence-corrected chi connectivity index (χ4v) is 5.01. The zero-order chi connectivity index (χ0) is 29.7. The highest BCUT2D eigenvalue weighted by molar-refractivity contribution is 5.96. The van der Waals surface area contributed by atoms with E-state index in [0.29, 0.717) is 0 Å². The quantitative estimate of drug-likeness (QED) is 0.173. The van der Waals surface area contributed by atoms with E-state index in [0.717, 1.165) is 73.6 Å². The number of halogens is 1. The van der Waals surface area contributed by atoms with E-state index in [1.54, 1.807) is 12.1 Å². The Morgan fingerprint density at radius 3 is 2.51 bits per heavy atom. The number of rotatable bonds is 10. The summed E-state index contributed by atoms with van der Waals surface area (Å²) in [5, 5.41) is 12.2. The molecule has 0 aliphatic carbocycles. The SMILES string of the molecule is C=C/C=C(/c1cccc(F)c1)c1cc(-c2n[nH]c3ccc(C(/C=C(\C=C)NC(=C)CC(C)(C)C)=C/C)cc23)[nH]c1C. The predicted molar refractivity (Wildman–Crippen MR) is 173 cm³/mol. The fraction of sp³-hybridized carbons (Fsp3) is 0.194. The molecule has 0 aliphatic heterocycles. The molecule has 0 atom stereocenters. The molecule has 5 heteroatoms. The molecule has 0 bridgehead atoms. The summed E-state index contributed by atoms with van der Waals surface area (Å²) in [7, 11) is 0. The predicted octanol–water partition coefficient (Wildman–Crippen LogP) is 9.64. The van der Waals surface area contributed by atoms with Crippen molar-refractivity contribution in [2.75, 3.05) is 0 Å². The number of aromatic amines is 2. The van der Waals surface area contributed by atoms with Crippen molar-refractivity contribution in [1.82, 2.24) is 20.5 Å². The van der Waals surface area contributed by atoms with Crippen LogP contribution in [0.25, 0.3) is 33.4 Å². The minimum absolute atomic E-state index is 0.137. The Bertz CT molecular complexity index is 1700. The average Bonchev–Trinajstić information content (AvgIpc) is 3.51. The summed E-state index contributed by atoms with van der Waals surface area (Å²) in [4.78, 5) is 3.50. The van der Waals surface area contributed by atoms with Gasteiger partial charge in [0.25, 0.3) is 0 Å². The highest BCUT2D eigenvalue weighted by Crippen LogP contribution is 2.34. The number of hydrogen-bond acceptors (Lipinski definition) is 2. The van der Waals surface area contributed by atoms with Gasteiger partial charge in [-0.25, -0.2) is 4.39 Å². The van der Waals surface area contributed by atoms with E-state index in [-0.39, 0.29) is 11.2 Å². The summed E-state index contributed by atoms with van der Waals surface area (Å²) in [5.41, 5.74) is 10.3. The number of H-pyrrole nitrogens is 2. The third-order valence-electron chi connectivity index (χ3n) is 6.78. The average molecular weight is 547 g/mol. The summed E-state index contributed by atoms with van der Waals surface area (Å²) in [6.07, 6.45) is 10.5. The van der Waals surface area contributed by atoms with Gasteiger partial charge >= 0.3 is 0 Å². The van der Waals surface area contributed by atoms with Gasteiger partial charge in [-0.05, 0) is 90.4 Å². The van der Waals surface area contributed by atoms with Crippen LogP contribution in [0.15, 0.2) is 110 Å². The minimum Gasteiger partial charge on any atom is -0.359 e. The van der Waals surface area contributed by atoms with Gasteiger partial charge in [-0.3, -0.25) is 5.10 Å². The molecule has 4 nitrogen and oxygen atoms in total. The molecule has 0 radical (unpaired) electrons. The molecular weight excluding hydrogens is 507 g/mol. The minimum atomic E-state index is -0.279. The number of benzene rings is 2. The Labute approximate surface area is 242 Å². The Morgan fingerprint density at radius 2 is 1.85 bits per heavy atom. The Kier molecular flexibility index (Phi) is 8.77. The largest absolute Gasteiger partial charge is 0.359 e. The molecule has 0 saturated heterocycles. The molecular formula is C36H39FN4. The van der Waals surface area contributed by atoms with E-state index in [1.165, 1.54) is 12.1 Å². The van der Waals surface area contributed by atoms with Gasteiger partial charge < -0.3 is 10.3 Å². The second-order valence-electron chi connectivity index (χ2n) is 11.4. The van der Waals surface area contributed by atoms with Crippen LogP contribution in [0.5, 0.6) is 0 Å². The van der Waals surface area contributed by atoms with Crippen LogP contribution >= 0.6 is 0 Å². The van der Waals surface area contributed by atoms with Crippen LogP contribution in [0.2, 0.25) is 0 Å². The number of hydrogen-bond donors (Lipinski definition) is 3. The lowest BCUT2D eigenvalue weighted by Gasteiger charge is -2.21. The van der Waals surface area contributed by atoms with Gasteiger partial charge in [0.05, 0.1) is 11.2 Å². The lowest BCUT2D eigenvalue weighted by molar-refractivity contribution is 0.403. The van der Waals surface area contributed by atoms with Gasteiger partial charge in [-0.2, -0.15) is 5.10 Å². The Balaban J connectivity index is 1.71. The molecule has 41 heavy (non-hydrogen) atoms. The van der Waals surface area contributed by atoms with E-state index < -0.39 is 0 Å². The number of aromatic nitrogens is 3. The van der Waals surface area contributed by atoms with Crippen LogP contribution < -0.4 is 5.32 Å². The molecule has 3 N–H and O–H groups in total. The van der Waals surface area contributed by atoms with Gasteiger partial charge in [-0.1, -0.05) is 76.9 Å². The number of fused-ring (bicyclic) bond motifs is 1. The number of aryl methyl sites for hydroxylation is 1. The first-order valence-corrected chi connectivity index (χ1v) is 13.8. The zero-order valence-electron chi connectivity index (χ0n) is 24.7. The van der Waals surface area contributed by atoms with E-state index in [2.05, 4.69) is 91.4 Å². The van der Waals surface area contributed by atoms with E-state index in [1.807, 2.05) is 38.1 Å². The topological polar surface area (TPSA) is 56.5 Å². The van der Waals surface area contributed by atoms with Gasteiger partial charge in [-0.15, -0.1) is 0 Å². The van der Waals surface area contributed by atoms with Crippen molar-refractivity contribution in [2.24, 2.45) is 5.41 Å². The lowest BCUT2D eigenvalue weighted by Crippen LogP contribution is -2.16. The first-order chi connectivity index (χ1) is 19.5.